The van der Waals surface area contributed by atoms with Crippen LogP contribution in [0.1, 0.15) is 16.1 Å². The summed E-state index contributed by atoms with van der Waals surface area (Å²) in [6.45, 7) is 0.243. The fourth-order valence-electron chi connectivity index (χ4n) is 2.40. The molecule has 0 aliphatic heterocycles. The second-order valence-electron chi connectivity index (χ2n) is 5.99. The van der Waals surface area contributed by atoms with Gasteiger partial charge >= 0.3 is 11.5 Å². The molecule has 3 amide bonds. The molecule has 0 radical (unpaired) electrons. The zero-order chi connectivity index (χ0) is 21.6. The second kappa shape index (κ2) is 9.40. The number of urea groups is 1. The summed E-state index contributed by atoms with van der Waals surface area (Å²) < 4.78 is 42.2. The van der Waals surface area contributed by atoms with Gasteiger partial charge < -0.3 is 20.4 Å². The lowest BCUT2D eigenvalue weighted by molar-refractivity contribution is -0.0328. The number of nitrogens with one attached hydrogen (secondary N) is 3. The molecule has 0 aliphatic carbocycles. The molecule has 0 spiro atoms. The third-order valence-corrected chi connectivity index (χ3v) is 4.49. The highest BCUT2D eigenvalue weighted by molar-refractivity contribution is 8.00. The van der Waals surface area contributed by atoms with Crippen LogP contribution in [0.2, 0.25) is 0 Å². The van der Waals surface area contributed by atoms with E-state index in [1.165, 1.54) is 30.5 Å². The number of rotatable bonds is 6. The van der Waals surface area contributed by atoms with Gasteiger partial charge in [0.25, 0.3) is 5.91 Å². The van der Waals surface area contributed by atoms with Gasteiger partial charge in [0.2, 0.25) is 0 Å². The molecule has 156 valence electrons. The van der Waals surface area contributed by atoms with Crippen molar-refractivity contribution < 1.29 is 27.2 Å². The lowest BCUT2D eigenvalue weighted by atomic mass is 10.2. The highest BCUT2D eigenvalue weighted by atomic mass is 32.2. The van der Waals surface area contributed by atoms with E-state index < -0.39 is 17.4 Å². The van der Waals surface area contributed by atoms with Crippen molar-refractivity contribution in [1.82, 2.24) is 5.32 Å². The number of furan rings is 1. The van der Waals surface area contributed by atoms with Crippen LogP contribution < -0.4 is 16.0 Å². The van der Waals surface area contributed by atoms with Crippen molar-refractivity contribution in [2.45, 2.75) is 16.9 Å². The first-order valence-electron chi connectivity index (χ1n) is 8.63. The number of carbonyl (C=O) groups is 2. The van der Waals surface area contributed by atoms with Crippen molar-refractivity contribution in [2.75, 3.05) is 10.6 Å². The van der Waals surface area contributed by atoms with E-state index in [0.717, 1.165) is 0 Å². The number of carbonyl (C=O) groups excluding carboxylic acids is 2. The highest BCUT2D eigenvalue weighted by Crippen LogP contribution is 2.36. The molecule has 3 N–H and O–H groups in total. The first-order chi connectivity index (χ1) is 14.3. The summed E-state index contributed by atoms with van der Waals surface area (Å²) in [5.41, 5.74) is -3.18. The van der Waals surface area contributed by atoms with E-state index in [2.05, 4.69) is 16.0 Å². The van der Waals surface area contributed by atoms with Gasteiger partial charge in [0, 0.05) is 21.8 Å². The van der Waals surface area contributed by atoms with Crippen LogP contribution in [0.15, 0.2) is 76.2 Å². The van der Waals surface area contributed by atoms with Crippen molar-refractivity contribution >= 4 is 35.1 Å². The molecule has 3 rings (SSSR count). The van der Waals surface area contributed by atoms with E-state index in [1.54, 1.807) is 36.4 Å². The number of hydrogen-bond donors (Lipinski definition) is 3. The summed E-state index contributed by atoms with van der Waals surface area (Å²) in [4.78, 5) is 24.1. The first kappa shape index (κ1) is 21.3. The minimum Gasteiger partial charge on any atom is -0.467 e. The van der Waals surface area contributed by atoms with Gasteiger partial charge in [0.05, 0.1) is 12.8 Å². The van der Waals surface area contributed by atoms with Gasteiger partial charge in [0.1, 0.15) is 5.76 Å². The third kappa shape index (κ3) is 6.59. The number of thioether (sulfide) groups is 1. The smallest absolute Gasteiger partial charge is 0.446 e. The maximum Gasteiger partial charge on any atom is 0.446 e. The Bertz CT molecular complexity index is 989. The molecular formula is C20H16F3N3O3S. The first-order valence-corrected chi connectivity index (χ1v) is 9.44. The molecule has 0 bridgehead atoms. The van der Waals surface area contributed by atoms with Crippen molar-refractivity contribution in [3.63, 3.8) is 0 Å². The fourth-order valence-corrected chi connectivity index (χ4v) is 2.94. The normalized spacial score (nSPS) is 11.0. The Hall–Kier alpha value is -3.40. The van der Waals surface area contributed by atoms with Crippen molar-refractivity contribution in [2.24, 2.45) is 0 Å². The van der Waals surface area contributed by atoms with E-state index in [0.29, 0.717) is 17.1 Å². The molecule has 3 aromatic rings. The van der Waals surface area contributed by atoms with Gasteiger partial charge in [-0.05, 0) is 72.4 Å². The van der Waals surface area contributed by atoms with Crippen LogP contribution in [0.3, 0.4) is 0 Å². The predicted molar refractivity (Wildman–Crippen MR) is 107 cm³/mol. The van der Waals surface area contributed by atoms with E-state index in [9.17, 15) is 22.8 Å². The molecule has 0 unspecified atom stereocenters. The summed E-state index contributed by atoms with van der Waals surface area (Å²) in [5.74, 6) is 0.156. The number of halogens is 3. The van der Waals surface area contributed by atoms with Gasteiger partial charge in [-0.1, -0.05) is 0 Å². The monoisotopic (exact) mass is 435 g/mol. The van der Waals surface area contributed by atoms with Crippen LogP contribution in [-0.2, 0) is 6.54 Å². The SMILES string of the molecule is O=C(NCc1ccco1)Nc1ccc(NC(=O)c2ccc(SC(F)(F)F)cc2)cc1. The summed E-state index contributed by atoms with van der Waals surface area (Å²) in [6.07, 6.45) is 1.51. The Morgan fingerprint density at radius 2 is 1.53 bits per heavy atom. The quantitative estimate of drug-likeness (QED) is 0.449. The zero-order valence-corrected chi connectivity index (χ0v) is 16.1. The number of amides is 3. The van der Waals surface area contributed by atoms with E-state index in [4.69, 9.17) is 4.42 Å². The number of alkyl halides is 3. The summed E-state index contributed by atoms with van der Waals surface area (Å²) >= 11 is -0.242. The Morgan fingerprint density at radius 3 is 2.10 bits per heavy atom. The molecule has 0 saturated heterocycles. The van der Waals surface area contributed by atoms with Crippen LogP contribution in [0.25, 0.3) is 0 Å². The molecule has 10 heteroatoms. The summed E-state index contributed by atoms with van der Waals surface area (Å²) in [5, 5.41) is 7.92. The van der Waals surface area contributed by atoms with Crippen molar-refractivity contribution in [3.8, 4) is 0 Å². The zero-order valence-electron chi connectivity index (χ0n) is 15.3. The summed E-state index contributed by atoms with van der Waals surface area (Å²) in [6, 6.07) is 14.5. The van der Waals surface area contributed by atoms with Gasteiger partial charge in [-0.3, -0.25) is 4.79 Å². The van der Waals surface area contributed by atoms with Gasteiger partial charge in [0.15, 0.2) is 0 Å². The lowest BCUT2D eigenvalue weighted by Gasteiger charge is -2.09. The molecule has 0 aliphatic rings. The lowest BCUT2D eigenvalue weighted by Crippen LogP contribution is -2.27. The third-order valence-electron chi connectivity index (χ3n) is 3.75. The molecule has 2 aromatic carbocycles. The van der Waals surface area contributed by atoms with Crippen LogP contribution in [0.5, 0.6) is 0 Å². The minimum absolute atomic E-state index is 0.000184. The van der Waals surface area contributed by atoms with Gasteiger partial charge in [-0.25, -0.2) is 4.79 Å². The maximum absolute atomic E-state index is 12.4. The van der Waals surface area contributed by atoms with Crippen LogP contribution in [0, 0.1) is 0 Å². The van der Waals surface area contributed by atoms with Crippen LogP contribution in [0.4, 0.5) is 29.3 Å². The molecule has 0 fully saturated rings. The number of anilines is 2. The van der Waals surface area contributed by atoms with E-state index in [1.807, 2.05) is 0 Å². The standard InChI is InChI=1S/C20H16F3N3O3S/c21-20(22,23)30-17-9-3-13(4-10-17)18(27)25-14-5-7-15(8-6-14)26-19(28)24-12-16-2-1-11-29-16/h1-11H,12H2,(H,25,27)(H2,24,26,28). The average molecular weight is 435 g/mol. The van der Waals surface area contributed by atoms with E-state index in [-0.39, 0.29) is 28.8 Å². The maximum atomic E-state index is 12.4. The predicted octanol–water partition coefficient (Wildman–Crippen LogP) is 5.47. The Balaban J connectivity index is 1.51. The number of hydrogen-bond acceptors (Lipinski definition) is 4. The molecule has 6 nitrogen and oxygen atoms in total. The molecule has 30 heavy (non-hydrogen) atoms. The topological polar surface area (TPSA) is 83.4 Å². The van der Waals surface area contributed by atoms with Gasteiger partial charge in [-0.15, -0.1) is 0 Å². The highest BCUT2D eigenvalue weighted by Gasteiger charge is 2.29. The molecule has 1 heterocycles. The molecular weight excluding hydrogens is 419 g/mol. The van der Waals surface area contributed by atoms with Crippen molar-refractivity contribution in [1.29, 1.82) is 0 Å². The van der Waals surface area contributed by atoms with Crippen LogP contribution >= 0.6 is 11.8 Å². The van der Waals surface area contributed by atoms with E-state index >= 15 is 0 Å². The minimum atomic E-state index is -4.38. The Labute approximate surface area is 173 Å². The van der Waals surface area contributed by atoms with Crippen molar-refractivity contribution in [3.05, 3.63) is 78.3 Å². The van der Waals surface area contributed by atoms with Crippen LogP contribution in [-0.4, -0.2) is 17.4 Å². The Morgan fingerprint density at radius 1 is 0.900 bits per heavy atom. The van der Waals surface area contributed by atoms with Gasteiger partial charge in [-0.2, -0.15) is 13.2 Å². The largest absolute Gasteiger partial charge is 0.467 e. The number of benzene rings is 2. The molecule has 0 atom stereocenters. The fraction of sp³-hybridized carbons (Fsp3) is 0.100. The molecule has 1 aromatic heterocycles. The average Bonchev–Trinajstić information content (AvgIpc) is 3.21. The summed E-state index contributed by atoms with van der Waals surface area (Å²) in [7, 11) is 0. The Kier molecular flexibility index (Phi) is 6.68. The second-order valence-corrected chi connectivity index (χ2v) is 7.13. The molecule has 0 saturated carbocycles.